The first kappa shape index (κ1) is 18.2. The molecule has 0 spiro atoms. The SMILES string of the molecule is c1ccc(-c2cc(-n3c4ccccc4c[13c]3N3CCOCC3)c3ccccc3c2)cc1. The number of rotatable bonds is 3. The van der Waals surface area contributed by atoms with Gasteiger partial charge in [-0.15, -0.1) is 0 Å². The third kappa shape index (κ3) is 3.18. The van der Waals surface area contributed by atoms with E-state index in [-0.39, 0.29) is 0 Å². The highest BCUT2D eigenvalue weighted by Gasteiger charge is 2.20. The Morgan fingerprint density at radius 2 is 1.32 bits per heavy atom. The molecule has 0 aliphatic carbocycles. The van der Waals surface area contributed by atoms with Crippen LogP contribution in [0.2, 0.25) is 0 Å². The highest BCUT2D eigenvalue weighted by atomic mass is 16.5. The minimum atomic E-state index is 0.770. The molecule has 1 aliphatic rings. The molecule has 1 saturated heterocycles. The van der Waals surface area contributed by atoms with Crippen LogP contribution in [0.1, 0.15) is 0 Å². The van der Waals surface area contributed by atoms with Gasteiger partial charge in [0.1, 0.15) is 5.82 Å². The summed E-state index contributed by atoms with van der Waals surface area (Å²) < 4.78 is 8.08. The molecular formula is C28H24N2O. The second kappa shape index (κ2) is 7.60. The third-order valence-corrected chi connectivity index (χ3v) is 6.21. The van der Waals surface area contributed by atoms with Gasteiger partial charge in [0, 0.05) is 23.9 Å². The second-order valence-electron chi connectivity index (χ2n) is 8.08. The zero-order chi connectivity index (χ0) is 20.6. The molecule has 1 aromatic heterocycles. The molecule has 0 radical (unpaired) electrons. The Balaban J connectivity index is 1.67. The lowest BCUT2D eigenvalue weighted by Gasteiger charge is -2.30. The zero-order valence-corrected chi connectivity index (χ0v) is 17.4. The molecule has 0 saturated carbocycles. The van der Waals surface area contributed by atoms with Crippen molar-refractivity contribution in [2.45, 2.75) is 0 Å². The molecule has 152 valence electrons. The summed E-state index contributed by atoms with van der Waals surface area (Å²) in [4.78, 5) is 2.45. The van der Waals surface area contributed by atoms with E-state index in [1.165, 1.54) is 44.3 Å². The summed E-state index contributed by atoms with van der Waals surface area (Å²) in [5.41, 5.74) is 4.93. The van der Waals surface area contributed by atoms with Crippen molar-refractivity contribution >= 4 is 27.5 Å². The van der Waals surface area contributed by atoms with Crippen LogP contribution in [0.25, 0.3) is 38.5 Å². The number of morpholine rings is 1. The van der Waals surface area contributed by atoms with E-state index >= 15 is 0 Å². The highest BCUT2D eigenvalue weighted by molar-refractivity contribution is 5.98. The van der Waals surface area contributed by atoms with Crippen molar-refractivity contribution < 1.29 is 4.74 Å². The fourth-order valence-electron chi connectivity index (χ4n) is 4.69. The Kier molecular flexibility index (Phi) is 4.47. The molecule has 31 heavy (non-hydrogen) atoms. The van der Waals surface area contributed by atoms with Gasteiger partial charge in [-0.3, -0.25) is 4.57 Å². The predicted molar refractivity (Wildman–Crippen MR) is 129 cm³/mol. The standard InChI is InChI=1S/C28H24N2O/c1-2-8-21(9-3-1)24-18-22-10-4-6-12-25(22)27(19-24)30-26-13-7-5-11-23(26)20-28(30)29-14-16-31-17-15-29/h1-13,18-20H,14-17H2/i28+1. The number of ether oxygens (including phenoxy) is 1. The lowest BCUT2D eigenvalue weighted by molar-refractivity contribution is 0.122. The van der Waals surface area contributed by atoms with Crippen LogP contribution >= 0.6 is 0 Å². The van der Waals surface area contributed by atoms with Gasteiger partial charge in [0.15, 0.2) is 0 Å². The molecule has 6 rings (SSSR count). The average Bonchev–Trinajstić information content (AvgIpc) is 3.24. The maximum Gasteiger partial charge on any atom is 0.114 e. The molecule has 3 nitrogen and oxygen atoms in total. The monoisotopic (exact) mass is 405 g/mol. The Labute approximate surface area is 182 Å². The summed E-state index contributed by atoms with van der Waals surface area (Å²) >= 11 is 0. The van der Waals surface area contributed by atoms with E-state index in [0.717, 1.165) is 26.3 Å². The molecule has 0 unspecified atom stereocenters. The van der Waals surface area contributed by atoms with Crippen LogP contribution in [-0.2, 0) is 4.74 Å². The van der Waals surface area contributed by atoms with E-state index < -0.39 is 0 Å². The molecule has 3 heteroatoms. The first-order valence-electron chi connectivity index (χ1n) is 10.9. The fourth-order valence-corrected chi connectivity index (χ4v) is 4.69. The molecule has 0 atom stereocenters. The Hall–Kier alpha value is -3.56. The summed E-state index contributed by atoms with van der Waals surface area (Å²) in [6, 6.07) is 35.0. The van der Waals surface area contributed by atoms with Gasteiger partial charge in [-0.1, -0.05) is 72.8 Å². The lowest BCUT2D eigenvalue weighted by atomic mass is 9.99. The van der Waals surface area contributed by atoms with Gasteiger partial charge in [0.25, 0.3) is 0 Å². The van der Waals surface area contributed by atoms with Gasteiger partial charge in [0.05, 0.1) is 24.4 Å². The molecule has 0 amide bonds. The van der Waals surface area contributed by atoms with Crippen LogP contribution in [0.3, 0.4) is 0 Å². The summed E-state index contributed by atoms with van der Waals surface area (Å²) in [6.45, 7) is 3.36. The Bertz CT molecular complexity index is 1360. The Morgan fingerprint density at radius 1 is 0.613 bits per heavy atom. The van der Waals surface area contributed by atoms with Crippen molar-refractivity contribution in [3.63, 3.8) is 0 Å². The van der Waals surface area contributed by atoms with Crippen molar-refractivity contribution in [1.82, 2.24) is 4.57 Å². The predicted octanol–water partition coefficient (Wildman–Crippen LogP) is 6.29. The first-order chi connectivity index (χ1) is 15.4. The third-order valence-electron chi connectivity index (χ3n) is 6.21. The van der Waals surface area contributed by atoms with Gasteiger partial charge in [-0.05, 0) is 40.8 Å². The minimum Gasteiger partial charge on any atom is -0.378 e. The topological polar surface area (TPSA) is 17.4 Å². The first-order valence-corrected chi connectivity index (χ1v) is 10.9. The van der Waals surface area contributed by atoms with Crippen LogP contribution in [0.4, 0.5) is 5.82 Å². The normalized spacial score (nSPS) is 14.4. The second-order valence-corrected chi connectivity index (χ2v) is 8.08. The summed E-state index contributed by atoms with van der Waals surface area (Å²) in [7, 11) is 0. The number of hydrogen-bond acceptors (Lipinski definition) is 2. The maximum atomic E-state index is 5.64. The van der Waals surface area contributed by atoms with Gasteiger partial charge in [-0.2, -0.15) is 0 Å². The molecule has 0 N–H and O–H groups in total. The maximum absolute atomic E-state index is 5.64. The quantitative estimate of drug-likeness (QED) is 0.351. The van der Waals surface area contributed by atoms with Gasteiger partial charge in [-0.25, -0.2) is 0 Å². The zero-order valence-electron chi connectivity index (χ0n) is 17.4. The number of fused-ring (bicyclic) bond motifs is 2. The van der Waals surface area contributed by atoms with Gasteiger partial charge in [0.2, 0.25) is 0 Å². The molecule has 1 fully saturated rings. The highest BCUT2D eigenvalue weighted by Crippen LogP contribution is 2.36. The number of aromatic nitrogens is 1. The van der Waals surface area contributed by atoms with E-state index in [2.05, 4.69) is 107 Å². The van der Waals surface area contributed by atoms with E-state index in [4.69, 9.17) is 4.74 Å². The fraction of sp³-hybridized carbons (Fsp3) is 0.143. The molecule has 4 aromatic carbocycles. The molecular weight excluding hydrogens is 381 g/mol. The number of anilines is 1. The van der Waals surface area contributed by atoms with Crippen LogP contribution in [-0.4, -0.2) is 30.9 Å². The van der Waals surface area contributed by atoms with Gasteiger partial charge < -0.3 is 9.64 Å². The molecule has 2 heterocycles. The molecule has 0 bridgehead atoms. The smallest absolute Gasteiger partial charge is 0.114 e. The Morgan fingerprint density at radius 3 is 2.16 bits per heavy atom. The van der Waals surface area contributed by atoms with E-state index in [9.17, 15) is 0 Å². The van der Waals surface area contributed by atoms with Crippen LogP contribution < -0.4 is 4.90 Å². The van der Waals surface area contributed by atoms with Gasteiger partial charge >= 0.3 is 0 Å². The number of nitrogens with zero attached hydrogens (tertiary/aromatic N) is 2. The van der Waals surface area contributed by atoms with Crippen molar-refractivity contribution in [3.05, 3.63) is 97.1 Å². The van der Waals surface area contributed by atoms with Crippen LogP contribution in [0, 0.1) is 0 Å². The van der Waals surface area contributed by atoms with Crippen molar-refractivity contribution in [2.24, 2.45) is 0 Å². The molecule has 1 aliphatic heterocycles. The number of hydrogen-bond donors (Lipinski definition) is 0. The average molecular weight is 406 g/mol. The van der Waals surface area contributed by atoms with Crippen molar-refractivity contribution in [1.29, 1.82) is 0 Å². The minimum absolute atomic E-state index is 0.770. The van der Waals surface area contributed by atoms with E-state index in [0.29, 0.717) is 0 Å². The largest absolute Gasteiger partial charge is 0.378 e. The lowest BCUT2D eigenvalue weighted by Crippen LogP contribution is -2.37. The van der Waals surface area contributed by atoms with Crippen LogP contribution in [0.5, 0.6) is 0 Å². The number of benzene rings is 4. The van der Waals surface area contributed by atoms with Crippen LogP contribution in [0.15, 0.2) is 97.1 Å². The van der Waals surface area contributed by atoms with Crippen molar-refractivity contribution in [2.75, 3.05) is 31.2 Å². The summed E-state index contributed by atoms with van der Waals surface area (Å²) in [6.07, 6.45) is 0. The number of para-hydroxylation sites is 1. The van der Waals surface area contributed by atoms with E-state index in [1.807, 2.05) is 0 Å². The summed E-state index contributed by atoms with van der Waals surface area (Å²) in [5.74, 6) is 1.24. The van der Waals surface area contributed by atoms with E-state index in [1.54, 1.807) is 0 Å². The summed E-state index contributed by atoms with van der Waals surface area (Å²) in [5, 5.41) is 3.78. The molecule has 5 aromatic rings. The van der Waals surface area contributed by atoms with Crippen molar-refractivity contribution in [3.8, 4) is 16.8 Å².